The highest BCUT2D eigenvalue weighted by Gasteiger charge is 1.98. The summed E-state index contributed by atoms with van der Waals surface area (Å²) in [5.74, 6) is 0. The Morgan fingerprint density at radius 2 is 2.09 bits per heavy atom. The number of H-pyrrole nitrogens is 2. The average molecular weight is 260 g/mol. The molecule has 56 valence electrons. The number of aromatic amines is 2. The molecule has 2 aromatic rings. The molecule has 0 radical (unpaired) electrons. The van der Waals surface area contributed by atoms with Gasteiger partial charge in [0.05, 0.1) is 10.9 Å². The van der Waals surface area contributed by atoms with Gasteiger partial charge in [-0.15, -0.1) is 0 Å². The summed E-state index contributed by atoms with van der Waals surface area (Å²) < 4.78 is 1.07. The van der Waals surface area contributed by atoms with Crippen molar-refractivity contribution in [2.24, 2.45) is 0 Å². The normalized spacial score (nSPS) is 10.6. The lowest BCUT2D eigenvalue weighted by atomic mass is 10.3. The van der Waals surface area contributed by atoms with Gasteiger partial charge in [-0.2, -0.15) is 0 Å². The van der Waals surface area contributed by atoms with Gasteiger partial charge in [-0.1, -0.05) is 0 Å². The van der Waals surface area contributed by atoms with Crippen LogP contribution in [0, 0.1) is 3.57 Å². The zero-order chi connectivity index (χ0) is 7.84. The second-order valence-electron chi connectivity index (χ2n) is 2.27. The van der Waals surface area contributed by atoms with E-state index in [9.17, 15) is 4.79 Å². The highest BCUT2D eigenvalue weighted by molar-refractivity contribution is 14.1. The van der Waals surface area contributed by atoms with Crippen LogP contribution in [0.2, 0.25) is 0 Å². The molecule has 0 saturated heterocycles. The molecule has 2 rings (SSSR count). The molecule has 0 aliphatic carbocycles. The first-order chi connectivity index (χ1) is 5.27. The van der Waals surface area contributed by atoms with Crippen LogP contribution in [0.15, 0.2) is 23.0 Å². The van der Waals surface area contributed by atoms with Gasteiger partial charge in [-0.05, 0) is 40.8 Å². The molecule has 2 N–H and O–H groups in total. The highest BCUT2D eigenvalue weighted by Crippen LogP contribution is 2.10. The van der Waals surface area contributed by atoms with Gasteiger partial charge in [0.25, 0.3) is 5.56 Å². The molecule has 3 nitrogen and oxygen atoms in total. The van der Waals surface area contributed by atoms with Gasteiger partial charge >= 0.3 is 0 Å². The van der Waals surface area contributed by atoms with Gasteiger partial charge in [0, 0.05) is 3.57 Å². The van der Waals surface area contributed by atoms with Crippen molar-refractivity contribution in [1.82, 2.24) is 10.2 Å². The number of rotatable bonds is 0. The summed E-state index contributed by atoms with van der Waals surface area (Å²) in [5, 5.41) is 6.01. The fourth-order valence-corrected chi connectivity index (χ4v) is 1.50. The van der Waals surface area contributed by atoms with Gasteiger partial charge in [-0.25, -0.2) is 0 Å². The van der Waals surface area contributed by atoms with Crippen LogP contribution in [0.25, 0.3) is 10.9 Å². The van der Waals surface area contributed by atoms with Crippen LogP contribution < -0.4 is 5.56 Å². The Labute approximate surface area is 75.9 Å². The lowest BCUT2D eigenvalue weighted by Crippen LogP contribution is -1.97. The molecular formula is C7H5IN2O. The van der Waals surface area contributed by atoms with Crippen LogP contribution >= 0.6 is 22.6 Å². The Morgan fingerprint density at radius 1 is 1.27 bits per heavy atom. The Kier molecular flexibility index (Phi) is 1.49. The zero-order valence-corrected chi connectivity index (χ0v) is 7.68. The number of halogens is 1. The number of nitrogens with one attached hydrogen (secondary N) is 2. The first-order valence-corrected chi connectivity index (χ1v) is 4.21. The van der Waals surface area contributed by atoms with Crippen molar-refractivity contribution in [1.29, 1.82) is 0 Å². The molecule has 1 aromatic heterocycles. The van der Waals surface area contributed by atoms with Crippen molar-refractivity contribution in [3.63, 3.8) is 0 Å². The minimum atomic E-state index is -0.0569. The molecule has 0 aliphatic heterocycles. The van der Waals surface area contributed by atoms with Crippen molar-refractivity contribution in [3.8, 4) is 0 Å². The summed E-state index contributed by atoms with van der Waals surface area (Å²) in [4.78, 5) is 11.0. The quantitative estimate of drug-likeness (QED) is 0.692. The lowest BCUT2D eigenvalue weighted by Gasteiger charge is -1.87. The summed E-state index contributed by atoms with van der Waals surface area (Å²) in [6.45, 7) is 0. The van der Waals surface area contributed by atoms with E-state index in [1.807, 2.05) is 18.2 Å². The predicted molar refractivity (Wildman–Crippen MR) is 51.6 cm³/mol. The van der Waals surface area contributed by atoms with Gasteiger partial charge in [-0.3, -0.25) is 15.0 Å². The summed E-state index contributed by atoms with van der Waals surface area (Å²) >= 11 is 2.18. The van der Waals surface area contributed by atoms with E-state index in [0.29, 0.717) is 0 Å². The zero-order valence-electron chi connectivity index (χ0n) is 5.52. The standard InChI is InChI=1S/C7H5IN2O/c8-4-1-2-6-5(3-4)7(11)10-9-6/h1-3H,(H2,9,10,11). The van der Waals surface area contributed by atoms with Gasteiger partial charge in [0.2, 0.25) is 0 Å². The number of fused-ring (bicyclic) bond motifs is 1. The molecule has 0 fully saturated rings. The van der Waals surface area contributed by atoms with Gasteiger partial charge in [0.15, 0.2) is 0 Å². The summed E-state index contributed by atoms with van der Waals surface area (Å²) in [5.41, 5.74) is 0.800. The molecule has 0 amide bonds. The molecule has 0 atom stereocenters. The van der Waals surface area contributed by atoms with Crippen molar-refractivity contribution >= 4 is 33.5 Å². The Morgan fingerprint density at radius 3 is 2.91 bits per heavy atom. The lowest BCUT2D eigenvalue weighted by molar-refractivity contribution is 1.08. The van der Waals surface area contributed by atoms with Crippen LogP contribution in [0.3, 0.4) is 0 Å². The third kappa shape index (κ3) is 1.07. The van der Waals surface area contributed by atoms with E-state index < -0.39 is 0 Å². The van der Waals surface area contributed by atoms with Crippen molar-refractivity contribution in [3.05, 3.63) is 32.1 Å². The van der Waals surface area contributed by atoms with E-state index in [-0.39, 0.29) is 5.56 Å². The number of hydrogen-bond acceptors (Lipinski definition) is 1. The van der Waals surface area contributed by atoms with E-state index in [4.69, 9.17) is 0 Å². The molecule has 0 saturated carbocycles. The smallest absolute Gasteiger partial charge is 0.271 e. The van der Waals surface area contributed by atoms with E-state index >= 15 is 0 Å². The first kappa shape index (κ1) is 6.90. The predicted octanol–water partition coefficient (Wildman–Crippen LogP) is 1.46. The minimum absolute atomic E-state index is 0.0569. The van der Waals surface area contributed by atoms with E-state index in [1.54, 1.807) is 0 Å². The summed E-state index contributed by atoms with van der Waals surface area (Å²) in [6.07, 6.45) is 0. The maximum atomic E-state index is 11.0. The SMILES string of the molecule is O=c1[nH][nH]c2ccc(I)cc12. The molecule has 0 unspecified atom stereocenters. The second kappa shape index (κ2) is 2.37. The maximum Gasteiger partial charge on any atom is 0.271 e. The van der Waals surface area contributed by atoms with Crippen molar-refractivity contribution < 1.29 is 0 Å². The maximum absolute atomic E-state index is 11.0. The molecule has 0 aliphatic rings. The highest BCUT2D eigenvalue weighted by atomic mass is 127. The molecule has 11 heavy (non-hydrogen) atoms. The number of benzene rings is 1. The van der Waals surface area contributed by atoms with E-state index in [1.165, 1.54) is 0 Å². The Hall–Kier alpha value is -0.780. The van der Waals surface area contributed by atoms with Gasteiger partial charge < -0.3 is 0 Å². The minimum Gasteiger partial charge on any atom is -0.298 e. The summed E-state index contributed by atoms with van der Waals surface area (Å²) in [6, 6.07) is 5.69. The first-order valence-electron chi connectivity index (χ1n) is 3.13. The Bertz CT molecular complexity index is 443. The Balaban J connectivity index is 2.99. The molecular weight excluding hydrogens is 255 g/mol. The third-order valence-electron chi connectivity index (χ3n) is 1.54. The monoisotopic (exact) mass is 260 g/mol. The number of aromatic nitrogens is 2. The largest absolute Gasteiger partial charge is 0.298 e. The van der Waals surface area contributed by atoms with Crippen LogP contribution in [0.5, 0.6) is 0 Å². The van der Waals surface area contributed by atoms with Gasteiger partial charge in [0.1, 0.15) is 0 Å². The van der Waals surface area contributed by atoms with E-state index in [2.05, 4.69) is 32.8 Å². The van der Waals surface area contributed by atoms with Crippen LogP contribution in [0.1, 0.15) is 0 Å². The number of hydrogen-bond donors (Lipinski definition) is 2. The molecule has 4 heteroatoms. The van der Waals surface area contributed by atoms with Crippen LogP contribution in [-0.2, 0) is 0 Å². The third-order valence-corrected chi connectivity index (χ3v) is 2.21. The second-order valence-corrected chi connectivity index (χ2v) is 3.51. The molecule has 0 spiro atoms. The molecule has 0 bridgehead atoms. The van der Waals surface area contributed by atoms with Crippen molar-refractivity contribution in [2.45, 2.75) is 0 Å². The summed E-state index contributed by atoms with van der Waals surface area (Å²) in [7, 11) is 0. The fraction of sp³-hybridized carbons (Fsp3) is 0. The molecule has 1 heterocycles. The molecule has 1 aromatic carbocycles. The average Bonchev–Trinajstić information content (AvgIpc) is 2.33. The van der Waals surface area contributed by atoms with Crippen molar-refractivity contribution in [2.75, 3.05) is 0 Å². The fourth-order valence-electron chi connectivity index (χ4n) is 1.00. The topological polar surface area (TPSA) is 48.6 Å². The van der Waals surface area contributed by atoms with E-state index in [0.717, 1.165) is 14.5 Å². The van der Waals surface area contributed by atoms with Crippen LogP contribution in [0.4, 0.5) is 0 Å². The van der Waals surface area contributed by atoms with Crippen LogP contribution in [-0.4, -0.2) is 10.2 Å².